The smallest absolute Gasteiger partial charge is 0.243 e. The molecule has 1 aliphatic heterocycles. The number of anilines is 1. The van der Waals surface area contributed by atoms with Gasteiger partial charge in [-0.2, -0.15) is 4.31 Å². The lowest BCUT2D eigenvalue weighted by molar-refractivity contribution is 0.346. The molecule has 0 atom stereocenters. The number of unbranched alkanes of at least 4 members (excludes halogenated alkanes) is 3. The minimum atomic E-state index is -3.31. The van der Waals surface area contributed by atoms with Gasteiger partial charge in [-0.1, -0.05) is 32.6 Å². The Kier molecular flexibility index (Phi) is 6.70. The Labute approximate surface area is 135 Å². The monoisotopic (exact) mass is 324 g/mol. The number of hydrogen-bond acceptors (Lipinski definition) is 3. The molecule has 1 aliphatic rings. The van der Waals surface area contributed by atoms with E-state index in [0.717, 1.165) is 37.9 Å². The molecule has 0 bridgehead atoms. The molecular weight excluding hydrogens is 296 g/mol. The molecule has 0 radical (unpaired) electrons. The predicted molar refractivity (Wildman–Crippen MR) is 91.7 cm³/mol. The topological polar surface area (TPSA) is 49.4 Å². The summed E-state index contributed by atoms with van der Waals surface area (Å²) in [6, 6.07) is 7.18. The van der Waals surface area contributed by atoms with E-state index in [9.17, 15) is 8.42 Å². The van der Waals surface area contributed by atoms with E-state index < -0.39 is 10.0 Å². The Bertz CT molecular complexity index is 534. The van der Waals surface area contributed by atoms with Crippen LogP contribution in [0.2, 0.25) is 0 Å². The van der Waals surface area contributed by atoms with Gasteiger partial charge in [-0.15, -0.1) is 0 Å². The van der Waals surface area contributed by atoms with E-state index in [-0.39, 0.29) is 0 Å². The number of hydrogen-bond donors (Lipinski definition) is 1. The fraction of sp³-hybridized carbons (Fsp3) is 0.647. The number of benzene rings is 1. The molecule has 0 spiro atoms. The summed E-state index contributed by atoms with van der Waals surface area (Å²) in [4.78, 5) is 0.408. The first-order valence-electron chi connectivity index (χ1n) is 8.48. The van der Waals surface area contributed by atoms with E-state index >= 15 is 0 Å². The summed E-state index contributed by atoms with van der Waals surface area (Å²) in [6.07, 6.45) is 7.98. The lowest BCUT2D eigenvalue weighted by atomic mass is 10.2. The largest absolute Gasteiger partial charge is 0.385 e. The SMILES string of the molecule is CCCCCCNc1ccc(S(=O)(=O)N2CCCCC2)cc1. The van der Waals surface area contributed by atoms with Gasteiger partial charge in [0.05, 0.1) is 4.90 Å². The van der Waals surface area contributed by atoms with Crippen LogP contribution in [0.25, 0.3) is 0 Å². The second kappa shape index (κ2) is 8.53. The van der Waals surface area contributed by atoms with Gasteiger partial charge in [0.2, 0.25) is 10.0 Å². The number of piperidine rings is 1. The van der Waals surface area contributed by atoms with E-state index in [1.54, 1.807) is 16.4 Å². The first-order chi connectivity index (χ1) is 10.6. The zero-order valence-electron chi connectivity index (χ0n) is 13.6. The molecule has 0 saturated carbocycles. The molecule has 0 aromatic heterocycles. The van der Waals surface area contributed by atoms with Crippen LogP contribution >= 0.6 is 0 Å². The van der Waals surface area contributed by atoms with E-state index in [4.69, 9.17) is 0 Å². The van der Waals surface area contributed by atoms with Crippen LogP contribution in [0.1, 0.15) is 51.9 Å². The Hall–Kier alpha value is -1.07. The molecule has 5 heteroatoms. The summed E-state index contributed by atoms with van der Waals surface area (Å²) in [5.41, 5.74) is 0.995. The Morgan fingerprint density at radius 1 is 1.00 bits per heavy atom. The molecule has 0 amide bonds. The van der Waals surface area contributed by atoms with E-state index in [1.807, 2.05) is 12.1 Å². The van der Waals surface area contributed by atoms with E-state index in [0.29, 0.717) is 18.0 Å². The summed E-state index contributed by atoms with van der Waals surface area (Å²) in [7, 11) is -3.31. The highest BCUT2D eigenvalue weighted by molar-refractivity contribution is 7.89. The zero-order valence-corrected chi connectivity index (χ0v) is 14.4. The van der Waals surface area contributed by atoms with E-state index in [1.165, 1.54) is 19.3 Å². The summed E-state index contributed by atoms with van der Waals surface area (Å²) in [5.74, 6) is 0. The first-order valence-corrected chi connectivity index (χ1v) is 9.92. The third-order valence-electron chi connectivity index (χ3n) is 4.17. The van der Waals surface area contributed by atoms with Crippen LogP contribution in [0.3, 0.4) is 0 Å². The molecule has 1 N–H and O–H groups in total. The maximum atomic E-state index is 12.5. The summed E-state index contributed by atoms with van der Waals surface area (Å²) >= 11 is 0. The van der Waals surface area contributed by atoms with Crippen molar-refractivity contribution >= 4 is 15.7 Å². The summed E-state index contributed by atoms with van der Waals surface area (Å²) in [6.45, 7) is 4.45. The molecule has 0 unspecified atom stereocenters. The van der Waals surface area contributed by atoms with Crippen molar-refractivity contribution in [3.05, 3.63) is 24.3 Å². The van der Waals surface area contributed by atoms with Gasteiger partial charge in [0.1, 0.15) is 0 Å². The van der Waals surface area contributed by atoms with Crippen LogP contribution in [0.5, 0.6) is 0 Å². The lowest BCUT2D eigenvalue weighted by Gasteiger charge is -2.25. The first kappa shape index (κ1) is 17.3. The highest BCUT2D eigenvalue weighted by Gasteiger charge is 2.25. The Morgan fingerprint density at radius 2 is 1.68 bits per heavy atom. The molecule has 124 valence electrons. The van der Waals surface area contributed by atoms with Crippen LogP contribution < -0.4 is 5.32 Å². The van der Waals surface area contributed by atoms with Crippen LogP contribution in [-0.2, 0) is 10.0 Å². The standard InChI is InChI=1S/C17H28N2O2S/c1-2-3-4-6-13-18-16-9-11-17(12-10-16)22(20,21)19-14-7-5-8-15-19/h9-12,18H,2-8,13-15H2,1H3. The van der Waals surface area contributed by atoms with Crippen molar-refractivity contribution in [2.24, 2.45) is 0 Å². The van der Waals surface area contributed by atoms with Crippen LogP contribution in [-0.4, -0.2) is 32.4 Å². The minimum absolute atomic E-state index is 0.408. The quantitative estimate of drug-likeness (QED) is 0.739. The molecule has 0 aliphatic carbocycles. The average molecular weight is 324 g/mol. The van der Waals surface area contributed by atoms with Gasteiger partial charge in [0.25, 0.3) is 0 Å². The molecular formula is C17H28N2O2S. The average Bonchev–Trinajstić information content (AvgIpc) is 2.56. The number of nitrogens with one attached hydrogen (secondary N) is 1. The molecule has 2 rings (SSSR count). The van der Waals surface area contributed by atoms with Crippen LogP contribution in [0, 0.1) is 0 Å². The summed E-state index contributed by atoms with van der Waals surface area (Å²) in [5, 5.41) is 3.35. The molecule has 1 saturated heterocycles. The Morgan fingerprint density at radius 3 is 2.32 bits per heavy atom. The number of nitrogens with zero attached hydrogens (tertiary/aromatic N) is 1. The summed E-state index contributed by atoms with van der Waals surface area (Å²) < 4.78 is 26.7. The van der Waals surface area contributed by atoms with Gasteiger partial charge in [-0.05, 0) is 43.5 Å². The molecule has 1 aromatic carbocycles. The normalized spacial score (nSPS) is 16.6. The van der Waals surface area contributed by atoms with Crippen LogP contribution in [0.4, 0.5) is 5.69 Å². The van der Waals surface area contributed by atoms with Gasteiger partial charge in [0.15, 0.2) is 0 Å². The molecule has 4 nitrogen and oxygen atoms in total. The molecule has 1 aromatic rings. The van der Waals surface area contributed by atoms with Gasteiger partial charge in [0, 0.05) is 25.3 Å². The molecule has 1 fully saturated rings. The molecule has 1 heterocycles. The number of rotatable bonds is 8. The maximum absolute atomic E-state index is 12.5. The van der Waals surface area contributed by atoms with Crippen molar-refractivity contribution in [3.63, 3.8) is 0 Å². The van der Waals surface area contributed by atoms with Crippen molar-refractivity contribution in [2.75, 3.05) is 25.0 Å². The highest BCUT2D eigenvalue weighted by Crippen LogP contribution is 2.22. The second-order valence-electron chi connectivity index (χ2n) is 5.98. The van der Waals surface area contributed by atoms with Gasteiger partial charge >= 0.3 is 0 Å². The van der Waals surface area contributed by atoms with Gasteiger partial charge < -0.3 is 5.32 Å². The molecule has 22 heavy (non-hydrogen) atoms. The third-order valence-corrected chi connectivity index (χ3v) is 6.08. The van der Waals surface area contributed by atoms with Crippen molar-refractivity contribution in [1.29, 1.82) is 0 Å². The fourth-order valence-electron chi connectivity index (χ4n) is 2.78. The van der Waals surface area contributed by atoms with Crippen LogP contribution in [0.15, 0.2) is 29.2 Å². The minimum Gasteiger partial charge on any atom is -0.385 e. The van der Waals surface area contributed by atoms with Gasteiger partial charge in [-0.25, -0.2) is 8.42 Å². The van der Waals surface area contributed by atoms with Crippen molar-refractivity contribution in [2.45, 2.75) is 56.8 Å². The predicted octanol–water partition coefficient (Wildman–Crippen LogP) is 3.85. The third kappa shape index (κ3) is 4.71. The van der Waals surface area contributed by atoms with Crippen molar-refractivity contribution in [3.8, 4) is 0 Å². The Balaban J connectivity index is 1.90. The zero-order chi connectivity index (χ0) is 15.8. The fourth-order valence-corrected chi connectivity index (χ4v) is 4.30. The lowest BCUT2D eigenvalue weighted by Crippen LogP contribution is -2.35. The van der Waals surface area contributed by atoms with Gasteiger partial charge in [-0.3, -0.25) is 0 Å². The van der Waals surface area contributed by atoms with Crippen molar-refractivity contribution in [1.82, 2.24) is 4.31 Å². The maximum Gasteiger partial charge on any atom is 0.243 e. The second-order valence-corrected chi connectivity index (χ2v) is 7.91. The van der Waals surface area contributed by atoms with Crippen molar-refractivity contribution < 1.29 is 8.42 Å². The van der Waals surface area contributed by atoms with E-state index in [2.05, 4.69) is 12.2 Å². The number of sulfonamides is 1. The highest BCUT2D eigenvalue weighted by atomic mass is 32.2.